The fraction of sp³-hybridized carbons (Fsp3) is 0.500. The predicted octanol–water partition coefficient (Wildman–Crippen LogP) is 2.35. The Bertz CT molecular complexity index is 444. The number of nitrogens with zero attached hydrogens (tertiary/aromatic N) is 2. The summed E-state index contributed by atoms with van der Waals surface area (Å²) in [6.45, 7) is 8.65. The van der Waals surface area contributed by atoms with Crippen LogP contribution in [0.1, 0.15) is 37.7 Å². The summed E-state index contributed by atoms with van der Waals surface area (Å²) in [7, 11) is 0. The lowest BCUT2D eigenvalue weighted by atomic mass is 9.75. The zero-order valence-electron chi connectivity index (χ0n) is 9.76. The van der Waals surface area contributed by atoms with Crippen molar-refractivity contribution in [3.05, 3.63) is 22.5 Å². The maximum absolute atomic E-state index is 5.64. The first-order valence-corrected chi connectivity index (χ1v) is 5.22. The SMILES string of the molecule is CC1=Cc2nc(N)nc(C)c2CC1(C)C. The molecule has 1 aliphatic rings. The summed E-state index contributed by atoms with van der Waals surface area (Å²) in [6.07, 6.45) is 3.13. The number of hydrogen-bond acceptors (Lipinski definition) is 3. The zero-order valence-corrected chi connectivity index (χ0v) is 9.76. The largest absolute Gasteiger partial charge is 0.368 e. The van der Waals surface area contributed by atoms with Crippen LogP contribution in [0.5, 0.6) is 0 Å². The number of aryl methyl sites for hydroxylation is 1. The first-order chi connectivity index (χ1) is 6.90. The number of allylic oxidation sites excluding steroid dienone is 1. The topological polar surface area (TPSA) is 51.8 Å². The Kier molecular flexibility index (Phi) is 2.07. The van der Waals surface area contributed by atoms with Gasteiger partial charge in [-0.1, -0.05) is 19.4 Å². The van der Waals surface area contributed by atoms with E-state index in [0.717, 1.165) is 17.8 Å². The average Bonchev–Trinajstić information content (AvgIpc) is 2.09. The molecule has 0 saturated carbocycles. The Morgan fingerprint density at radius 2 is 1.93 bits per heavy atom. The van der Waals surface area contributed by atoms with Gasteiger partial charge in [-0.25, -0.2) is 9.97 Å². The molecule has 0 amide bonds. The van der Waals surface area contributed by atoms with Gasteiger partial charge >= 0.3 is 0 Å². The van der Waals surface area contributed by atoms with Crippen LogP contribution in [0.25, 0.3) is 6.08 Å². The second-order valence-corrected chi connectivity index (χ2v) is 4.92. The minimum atomic E-state index is 0.206. The van der Waals surface area contributed by atoms with Crippen LogP contribution >= 0.6 is 0 Å². The highest BCUT2D eigenvalue weighted by molar-refractivity contribution is 5.59. The third-order valence-corrected chi connectivity index (χ3v) is 3.30. The Hall–Kier alpha value is -1.38. The number of fused-ring (bicyclic) bond motifs is 1. The predicted molar refractivity (Wildman–Crippen MR) is 62.3 cm³/mol. The van der Waals surface area contributed by atoms with Crippen molar-refractivity contribution in [1.82, 2.24) is 9.97 Å². The minimum Gasteiger partial charge on any atom is -0.368 e. The second-order valence-electron chi connectivity index (χ2n) is 4.92. The fourth-order valence-corrected chi connectivity index (χ4v) is 1.96. The van der Waals surface area contributed by atoms with E-state index in [1.54, 1.807) is 0 Å². The zero-order chi connectivity index (χ0) is 11.2. The molecule has 15 heavy (non-hydrogen) atoms. The van der Waals surface area contributed by atoms with Gasteiger partial charge in [0, 0.05) is 11.3 Å². The van der Waals surface area contributed by atoms with Crippen molar-refractivity contribution in [3.63, 3.8) is 0 Å². The number of nitrogen functional groups attached to an aromatic ring is 1. The van der Waals surface area contributed by atoms with E-state index < -0.39 is 0 Å². The number of hydrogen-bond donors (Lipinski definition) is 1. The summed E-state index contributed by atoms with van der Waals surface area (Å²) in [5, 5.41) is 0. The third kappa shape index (κ3) is 1.62. The van der Waals surface area contributed by atoms with Crippen LogP contribution in [0.3, 0.4) is 0 Å². The van der Waals surface area contributed by atoms with E-state index in [0.29, 0.717) is 5.95 Å². The van der Waals surface area contributed by atoms with Gasteiger partial charge in [0.25, 0.3) is 0 Å². The van der Waals surface area contributed by atoms with E-state index in [-0.39, 0.29) is 5.41 Å². The molecular weight excluding hydrogens is 186 g/mol. The van der Waals surface area contributed by atoms with Crippen molar-refractivity contribution >= 4 is 12.0 Å². The first kappa shape index (κ1) is 10.1. The molecule has 1 aliphatic carbocycles. The highest BCUT2D eigenvalue weighted by atomic mass is 15.0. The van der Waals surface area contributed by atoms with E-state index in [4.69, 9.17) is 5.73 Å². The highest BCUT2D eigenvalue weighted by Crippen LogP contribution is 2.37. The van der Waals surface area contributed by atoms with E-state index in [9.17, 15) is 0 Å². The number of nitrogens with two attached hydrogens (primary N) is 1. The van der Waals surface area contributed by atoms with Crippen molar-refractivity contribution in [1.29, 1.82) is 0 Å². The fourth-order valence-electron chi connectivity index (χ4n) is 1.96. The molecule has 1 heterocycles. The summed E-state index contributed by atoms with van der Waals surface area (Å²) >= 11 is 0. The van der Waals surface area contributed by atoms with Gasteiger partial charge in [0.2, 0.25) is 5.95 Å². The molecule has 0 aliphatic heterocycles. The van der Waals surface area contributed by atoms with Crippen molar-refractivity contribution in [2.45, 2.75) is 34.1 Å². The van der Waals surface area contributed by atoms with Crippen LogP contribution in [0.4, 0.5) is 5.95 Å². The van der Waals surface area contributed by atoms with Crippen LogP contribution in [0.15, 0.2) is 5.57 Å². The monoisotopic (exact) mass is 203 g/mol. The van der Waals surface area contributed by atoms with E-state index in [2.05, 4.69) is 36.8 Å². The molecule has 0 atom stereocenters. The normalized spacial score (nSPS) is 18.3. The molecule has 1 aromatic heterocycles. The second kappa shape index (κ2) is 3.05. The molecule has 0 saturated heterocycles. The Morgan fingerprint density at radius 1 is 1.27 bits per heavy atom. The molecule has 0 aromatic carbocycles. The first-order valence-electron chi connectivity index (χ1n) is 5.22. The lowest BCUT2D eigenvalue weighted by Gasteiger charge is -2.31. The van der Waals surface area contributed by atoms with Crippen LogP contribution in [-0.2, 0) is 6.42 Å². The summed E-state index contributed by atoms with van der Waals surface area (Å²) < 4.78 is 0. The molecule has 0 spiro atoms. The van der Waals surface area contributed by atoms with Crippen molar-refractivity contribution in [2.75, 3.05) is 5.73 Å². The lowest BCUT2D eigenvalue weighted by Crippen LogP contribution is -2.23. The molecule has 2 N–H and O–H groups in total. The van der Waals surface area contributed by atoms with Gasteiger partial charge < -0.3 is 5.73 Å². The van der Waals surface area contributed by atoms with E-state index >= 15 is 0 Å². The van der Waals surface area contributed by atoms with Gasteiger partial charge in [-0.2, -0.15) is 0 Å². The highest BCUT2D eigenvalue weighted by Gasteiger charge is 2.28. The van der Waals surface area contributed by atoms with Gasteiger partial charge in [-0.15, -0.1) is 0 Å². The molecule has 0 bridgehead atoms. The maximum Gasteiger partial charge on any atom is 0.220 e. The van der Waals surface area contributed by atoms with Gasteiger partial charge in [-0.05, 0) is 31.8 Å². The Labute approximate surface area is 90.4 Å². The molecule has 0 radical (unpaired) electrons. The van der Waals surface area contributed by atoms with Gasteiger partial charge in [-0.3, -0.25) is 0 Å². The van der Waals surface area contributed by atoms with E-state index in [1.807, 2.05) is 6.92 Å². The molecule has 2 rings (SSSR count). The number of anilines is 1. The standard InChI is InChI=1S/C12H17N3/c1-7-5-10-9(6-12(7,3)4)8(2)14-11(13)15-10/h5H,6H2,1-4H3,(H2,13,14,15). The van der Waals surface area contributed by atoms with Crippen LogP contribution in [0, 0.1) is 12.3 Å². The van der Waals surface area contributed by atoms with Crippen LogP contribution in [0.2, 0.25) is 0 Å². The van der Waals surface area contributed by atoms with Crippen molar-refractivity contribution in [3.8, 4) is 0 Å². The molecular formula is C12H17N3. The smallest absolute Gasteiger partial charge is 0.220 e. The van der Waals surface area contributed by atoms with Gasteiger partial charge in [0.1, 0.15) is 0 Å². The molecule has 80 valence electrons. The Morgan fingerprint density at radius 3 is 2.60 bits per heavy atom. The van der Waals surface area contributed by atoms with E-state index in [1.165, 1.54) is 11.1 Å². The molecule has 3 heteroatoms. The summed E-state index contributed by atoms with van der Waals surface area (Å²) in [5.41, 5.74) is 10.4. The lowest BCUT2D eigenvalue weighted by molar-refractivity contribution is 0.438. The Balaban J connectivity index is 2.62. The average molecular weight is 203 g/mol. The molecule has 1 aromatic rings. The van der Waals surface area contributed by atoms with Crippen molar-refractivity contribution in [2.24, 2.45) is 5.41 Å². The summed E-state index contributed by atoms with van der Waals surface area (Å²) in [4.78, 5) is 8.50. The molecule has 0 unspecified atom stereocenters. The molecule has 3 nitrogen and oxygen atoms in total. The summed E-state index contributed by atoms with van der Waals surface area (Å²) in [5.74, 6) is 0.370. The maximum atomic E-state index is 5.64. The number of aromatic nitrogens is 2. The number of rotatable bonds is 0. The van der Waals surface area contributed by atoms with Crippen molar-refractivity contribution < 1.29 is 0 Å². The van der Waals surface area contributed by atoms with Crippen LogP contribution < -0.4 is 5.73 Å². The van der Waals surface area contributed by atoms with Crippen LogP contribution in [-0.4, -0.2) is 9.97 Å². The van der Waals surface area contributed by atoms with Gasteiger partial charge in [0.05, 0.1) is 5.69 Å². The quantitative estimate of drug-likeness (QED) is 0.704. The third-order valence-electron chi connectivity index (χ3n) is 3.30. The molecule has 0 fully saturated rings. The minimum absolute atomic E-state index is 0.206. The summed E-state index contributed by atoms with van der Waals surface area (Å²) in [6, 6.07) is 0. The van der Waals surface area contributed by atoms with Gasteiger partial charge in [0.15, 0.2) is 0 Å².